The van der Waals surface area contributed by atoms with Crippen LogP contribution in [0.25, 0.3) is 0 Å². The molecule has 3 N–H and O–H groups in total. The molecule has 1 rings (SSSR count). The topological polar surface area (TPSA) is 77.8 Å². The van der Waals surface area contributed by atoms with Crippen molar-refractivity contribution in [1.82, 2.24) is 0 Å². The minimum atomic E-state index is -0.364. The van der Waals surface area contributed by atoms with Crippen molar-refractivity contribution in [3.63, 3.8) is 0 Å². The van der Waals surface area contributed by atoms with E-state index in [1.807, 2.05) is 0 Å². The highest BCUT2D eigenvalue weighted by Gasteiger charge is 2.17. The summed E-state index contributed by atoms with van der Waals surface area (Å²) in [6.07, 6.45) is 9.43. The number of hydrogen-bond donors (Lipinski definition) is 3. The third-order valence-electron chi connectivity index (χ3n) is 3.62. The van der Waals surface area contributed by atoms with Gasteiger partial charge in [-0.3, -0.25) is 4.79 Å². The molecule has 0 heterocycles. The van der Waals surface area contributed by atoms with Gasteiger partial charge in [0, 0.05) is 18.6 Å². The first-order chi connectivity index (χ1) is 10.1. The molecule has 0 atom stereocenters. The van der Waals surface area contributed by atoms with E-state index in [0.717, 1.165) is 31.4 Å². The summed E-state index contributed by atoms with van der Waals surface area (Å²) in [7, 11) is 0. The van der Waals surface area contributed by atoms with Gasteiger partial charge in [-0.15, -0.1) is 0 Å². The predicted octanol–water partition coefficient (Wildman–Crippen LogP) is 4.52. The Balaban J connectivity index is 2.29. The molecule has 0 aromatic heterocycles. The van der Waals surface area contributed by atoms with Crippen LogP contribution in [0.4, 0.5) is 0 Å². The summed E-state index contributed by atoms with van der Waals surface area (Å²) in [4.78, 5) is 12.0. The summed E-state index contributed by atoms with van der Waals surface area (Å²) in [6.45, 7) is 2.19. The second-order valence-electron chi connectivity index (χ2n) is 5.51. The zero-order chi connectivity index (χ0) is 15.7. The van der Waals surface area contributed by atoms with Crippen molar-refractivity contribution in [2.75, 3.05) is 0 Å². The largest absolute Gasteiger partial charge is 0.508 e. The molecule has 0 aliphatic heterocycles. The number of unbranched alkanes of at least 4 members (excludes halogenated alkanes) is 7. The fourth-order valence-electron chi connectivity index (χ4n) is 2.43. The third kappa shape index (κ3) is 6.06. The molecule has 1 aromatic rings. The highest BCUT2D eigenvalue weighted by molar-refractivity contribution is 6.01. The molecule has 4 heteroatoms. The Labute approximate surface area is 126 Å². The molecule has 0 saturated carbocycles. The summed E-state index contributed by atoms with van der Waals surface area (Å²) < 4.78 is 0. The number of ketones is 1. The molecule has 0 saturated heterocycles. The molecule has 1 aromatic carbocycles. The maximum Gasteiger partial charge on any atom is 0.170 e. The van der Waals surface area contributed by atoms with Gasteiger partial charge in [-0.2, -0.15) is 0 Å². The fourth-order valence-corrected chi connectivity index (χ4v) is 2.43. The van der Waals surface area contributed by atoms with Gasteiger partial charge in [0.15, 0.2) is 5.78 Å². The summed E-state index contributed by atoms with van der Waals surface area (Å²) in [6, 6.07) is 2.14. The van der Waals surface area contributed by atoms with Crippen LogP contribution in [0.2, 0.25) is 0 Å². The Kier molecular flexibility index (Phi) is 7.65. The molecule has 0 bridgehead atoms. The number of phenols is 3. The Morgan fingerprint density at radius 3 is 1.86 bits per heavy atom. The zero-order valence-electron chi connectivity index (χ0n) is 12.8. The van der Waals surface area contributed by atoms with Crippen LogP contribution in [0, 0.1) is 0 Å². The van der Waals surface area contributed by atoms with E-state index >= 15 is 0 Å². The number of carbonyl (C=O) groups is 1. The lowest BCUT2D eigenvalue weighted by atomic mass is 10.0. The Morgan fingerprint density at radius 1 is 0.857 bits per heavy atom. The number of benzene rings is 1. The monoisotopic (exact) mass is 294 g/mol. The maximum absolute atomic E-state index is 12.0. The Hall–Kier alpha value is -1.71. The molecule has 118 valence electrons. The van der Waals surface area contributed by atoms with Crippen LogP contribution in [0.5, 0.6) is 17.2 Å². The second kappa shape index (κ2) is 9.27. The average molecular weight is 294 g/mol. The zero-order valence-corrected chi connectivity index (χ0v) is 12.8. The molecule has 0 amide bonds. The molecule has 0 aliphatic carbocycles. The normalized spacial score (nSPS) is 10.7. The van der Waals surface area contributed by atoms with Crippen molar-refractivity contribution >= 4 is 5.78 Å². The van der Waals surface area contributed by atoms with Gasteiger partial charge in [-0.05, 0) is 6.42 Å². The number of aromatic hydroxyl groups is 3. The van der Waals surface area contributed by atoms with Crippen LogP contribution in [-0.2, 0) is 0 Å². The highest BCUT2D eigenvalue weighted by atomic mass is 16.3. The maximum atomic E-state index is 12.0. The number of rotatable bonds is 10. The quantitative estimate of drug-likeness (QED) is 0.438. The predicted molar refractivity (Wildman–Crippen MR) is 83.0 cm³/mol. The molecule has 21 heavy (non-hydrogen) atoms. The molecule has 4 nitrogen and oxygen atoms in total. The van der Waals surface area contributed by atoms with Crippen molar-refractivity contribution in [3.8, 4) is 17.2 Å². The first-order valence-electron chi connectivity index (χ1n) is 7.84. The van der Waals surface area contributed by atoms with Gasteiger partial charge in [-0.25, -0.2) is 0 Å². The Bertz CT molecular complexity index is 431. The minimum absolute atomic E-state index is 0.0873. The number of phenolic OH excluding ortho intramolecular Hbond substituents is 3. The SMILES string of the molecule is CCCCCCCCCCC(=O)c1c(O)cc(O)cc1O. The van der Waals surface area contributed by atoms with E-state index in [0.29, 0.717) is 6.42 Å². The lowest BCUT2D eigenvalue weighted by Gasteiger charge is -2.07. The van der Waals surface area contributed by atoms with Crippen LogP contribution in [0.15, 0.2) is 12.1 Å². The van der Waals surface area contributed by atoms with Gasteiger partial charge >= 0.3 is 0 Å². The number of hydrogen-bond acceptors (Lipinski definition) is 4. The van der Waals surface area contributed by atoms with Crippen molar-refractivity contribution in [2.45, 2.75) is 64.7 Å². The van der Waals surface area contributed by atoms with Crippen molar-refractivity contribution in [3.05, 3.63) is 17.7 Å². The van der Waals surface area contributed by atoms with E-state index in [-0.39, 0.29) is 28.6 Å². The van der Waals surface area contributed by atoms with Crippen molar-refractivity contribution in [1.29, 1.82) is 0 Å². The fraction of sp³-hybridized carbons (Fsp3) is 0.588. The van der Waals surface area contributed by atoms with Gasteiger partial charge in [0.1, 0.15) is 22.8 Å². The number of Topliss-reactive ketones (excluding diaryl/α,β-unsaturated/α-hetero) is 1. The number of carbonyl (C=O) groups excluding carboxylic acids is 1. The van der Waals surface area contributed by atoms with E-state index < -0.39 is 0 Å². The minimum Gasteiger partial charge on any atom is -0.508 e. The van der Waals surface area contributed by atoms with Crippen molar-refractivity contribution in [2.24, 2.45) is 0 Å². The van der Waals surface area contributed by atoms with E-state index in [2.05, 4.69) is 6.92 Å². The molecule has 0 unspecified atom stereocenters. The van der Waals surface area contributed by atoms with Gasteiger partial charge < -0.3 is 15.3 Å². The van der Waals surface area contributed by atoms with Crippen LogP contribution >= 0.6 is 0 Å². The van der Waals surface area contributed by atoms with E-state index in [1.54, 1.807) is 0 Å². The van der Waals surface area contributed by atoms with E-state index in [1.165, 1.54) is 32.1 Å². The molecule has 0 spiro atoms. The van der Waals surface area contributed by atoms with E-state index in [9.17, 15) is 20.1 Å². The van der Waals surface area contributed by atoms with Crippen LogP contribution in [0.3, 0.4) is 0 Å². The van der Waals surface area contributed by atoms with E-state index in [4.69, 9.17) is 0 Å². The molecule has 0 aliphatic rings. The van der Waals surface area contributed by atoms with Gasteiger partial charge in [-0.1, -0.05) is 51.9 Å². The summed E-state index contributed by atoms with van der Waals surface area (Å²) in [5.74, 6) is -1.27. The molecular formula is C17H26O4. The first-order valence-corrected chi connectivity index (χ1v) is 7.84. The molecular weight excluding hydrogens is 268 g/mol. The van der Waals surface area contributed by atoms with Crippen LogP contribution in [-0.4, -0.2) is 21.1 Å². The van der Waals surface area contributed by atoms with Gasteiger partial charge in [0.25, 0.3) is 0 Å². The van der Waals surface area contributed by atoms with Gasteiger partial charge in [0.2, 0.25) is 0 Å². The second-order valence-corrected chi connectivity index (χ2v) is 5.51. The molecule has 0 fully saturated rings. The van der Waals surface area contributed by atoms with Gasteiger partial charge in [0.05, 0.1) is 0 Å². The average Bonchev–Trinajstić information content (AvgIpc) is 2.40. The summed E-state index contributed by atoms with van der Waals surface area (Å²) >= 11 is 0. The van der Waals surface area contributed by atoms with Crippen molar-refractivity contribution < 1.29 is 20.1 Å². The molecule has 0 radical (unpaired) electrons. The standard InChI is InChI=1S/C17H26O4/c1-2-3-4-5-6-7-8-9-10-14(19)17-15(20)11-13(18)12-16(17)21/h11-12,18,20-21H,2-10H2,1H3. The lowest BCUT2D eigenvalue weighted by Crippen LogP contribution is -2.00. The Morgan fingerprint density at radius 2 is 1.33 bits per heavy atom. The first kappa shape index (κ1) is 17.3. The van der Waals surface area contributed by atoms with Crippen LogP contribution in [0.1, 0.15) is 75.1 Å². The lowest BCUT2D eigenvalue weighted by molar-refractivity contribution is 0.0973. The highest BCUT2D eigenvalue weighted by Crippen LogP contribution is 2.33. The smallest absolute Gasteiger partial charge is 0.170 e. The summed E-state index contributed by atoms with van der Waals surface area (Å²) in [5.41, 5.74) is -0.0873. The summed E-state index contributed by atoms with van der Waals surface area (Å²) in [5, 5.41) is 28.5. The van der Waals surface area contributed by atoms with Crippen LogP contribution < -0.4 is 0 Å². The third-order valence-corrected chi connectivity index (χ3v) is 3.62.